The summed E-state index contributed by atoms with van der Waals surface area (Å²) < 4.78 is 27.8. The van der Waals surface area contributed by atoms with Gasteiger partial charge in [0.15, 0.2) is 0 Å². The van der Waals surface area contributed by atoms with E-state index in [1.54, 1.807) is 72.8 Å². The number of imidazole rings is 1. The lowest BCUT2D eigenvalue weighted by atomic mass is 9.81. The normalized spacial score (nSPS) is 17.4. The van der Waals surface area contributed by atoms with Crippen molar-refractivity contribution in [2.75, 3.05) is 17.9 Å². The van der Waals surface area contributed by atoms with Gasteiger partial charge in [0.05, 0.1) is 16.6 Å². The summed E-state index contributed by atoms with van der Waals surface area (Å²) in [5.41, 5.74) is 14.0. The first kappa shape index (κ1) is 32.2. The smallest absolute Gasteiger partial charge is 0.264 e. The Kier molecular flexibility index (Phi) is 9.91. The van der Waals surface area contributed by atoms with Crippen molar-refractivity contribution >= 4 is 39.1 Å². The van der Waals surface area contributed by atoms with E-state index < -0.39 is 22.0 Å². The molecule has 45 heavy (non-hydrogen) atoms. The van der Waals surface area contributed by atoms with Crippen LogP contribution in [-0.4, -0.2) is 43.8 Å². The predicted octanol–water partition coefficient (Wildman–Crippen LogP) is 4.82. The molecule has 1 unspecified atom stereocenters. The van der Waals surface area contributed by atoms with E-state index in [-0.39, 0.29) is 21.9 Å². The highest BCUT2D eigenvalue weighted by atomic mass is 35.5. The third kappa shape index (κ3) is 7.38. The van der Waals surface area contributed by atoms with Gasteiger partial charge in [-0.3, -0.25) is 13.9 Å². The number of rotatable bonds is 11. The maximum atomic E-state index is 13.5. The van der Waals surface area contributed by atoms with Crippen LogP contribution in [0.4, 0.5) is 5.69 Å². The molecule has 0 saturated heterocycles. The molecule has 1 saturated carbocycles. The van der Waals surface area contributed by atoms with Crippen molar-refractivity contribution in [3.8, 4) is 11.3 Å². The number of nitrogens with zero attached hydrogens (tertiary/aromatic N) is 2. The van der Waals surface area contributed by atoms with Crippen molar-refractivity contribution < 1.29 is 18.0 Å². The summed E-state index contributed by atoms with van der Waals surface area (Å²) in [5.74, 6) is 0.131. The van der Waals surface area contributed by atoms with Crippen LogP contribution in [0.25, 0.3) is 11.3 Å². The molecule has 10 nitrogen and oxygen atoms in total. The zero-order valence-electron chi connectivity index (χ0n) is 24.9. The second-order valence-electron chi connectivity index (χ2n) is 11.4. The van der Waals surface area contributed by atoms with Gasteiger partial charge in [0.2, 0.25) is 11.8 Å². The van der Waals surface area contributed by atoms with Crippen LogP contribution in [0.15, 0.2) is 83.8 Å². The van der Waals surface area contributed by atoms with Gasteiger partial charge in [-0.05, 0) is 86.5 Å². The molecule has 1 heterocycles. The summed E-state index contributed by atoms with van der Waals surface area (Å²) in [6.07, 6.45) is 3.65. The standard InChI is InChI=1S/C33H37ClN6O4S/c1-40(45(43,44)27-8-3-2-4-9-27)26-7-5-6-22(18-26)19-28(37-33(42)25-12-10-21(20-35)11-13-25)32-38-29(30(34)39-32)23-14-16-24(17-15-23)31(36)41/h2-9,14-18,21,25,28H,10-13,19-20,35H2,1H3,(H2,36,41)(H,37,42)(H,38,39). The number of carbonyl (C=O) groups excluding carboxylic acids is 2. The molecule has 0 bridgehead atoms. The number of sulfonamides is 1. The molecule has 1 aliphatic carbocycles. The van der Waals surface area contributed by atoms with E-state index in [1.165, 1.54) is 11.4 Å². The maximum absolute atomic E-state index is 13.5. The fraction of sp³-hybridized carbons (Fsp3) is 0.303. The number of halogens is 1. The van der Waals surface area contributed by atoms with Crippen molar-refractivity contribution in [1.29, 1.82) is 0 Å². The molecule has 6 N–H and O–H groups in total. The Morgan fingerprint density at radius 1 is 1.02 bits per heavy atom. The zero-order valence-corrected chi connectivity index (χ0v) is 26.5. The number of nitrogens with two attached hydrogens (primary N) is 2. The first-order chi connectivity index (χ1) is 21.6. The monoisotopic (exact) mass is 648 g/mol. The topological polar surface area (TPSA) is 164 Å². The number of aromatic amines is 1. The molecule has 3 aromatic carbocycles. The number of nitrogens with one attached hydrogen (secondary N) is 2. The molecule has 1 atom stereocenters. The average molecular weight is 649 g/mol. The van der Waals surface area contributed by atoms with Gasteiger partial charge in [-0.2, -0.15) is 0 Å². The quantitative estimate of drug-likeness (QED) is 0.182. The van der Waals surface area contributed by atoms with Crippen molar-refractivity contribution in [3.05, 3.63) is 101 Å². The molecule has 12 heteroatoms. The van der Waals surface area contributed by atoms with E-state index in [9.17, 15) is 18.0 Å². The molecule has 1 aromatic heterocycles. The van der Waals surface area contributed by atoms with Crippen LogP contribution in [0.3, 0.4) is 0 Å². The van der Waals surface area contributed by atoms with Crippen LogP contribution in [0, 0.1) is 11.8 Å². The second-order valence-corrected chi connectivity index (χ2v) is 13.7. The number of carbonyl (C=O) groups is 2. The molecule has 5 rings (SSSR count). The average Bonchev–Trinajstić information content (AvgIpc) is 3.46. The van der Waals surface area contributed by atoms with Crippen molar-refractivity contribution in [2.24, 2.45) is 23.3 Å². The van der Waals surface area contributed by atoms with Crippen molar-refractivity contribution in [2.45, 2.75) is 43.0 Å². The summed E-state index contributed by atoms with van der Waals surface area (Å²) in [6, 6.07) is 21.5. The number of aromatic nitrogens is 2. The van der Waals surface area contributed by atoms with Crippen LogP contribution in [0.5, 0.6) is 0 Å². The number of anilines is 1. The fourth-order valence-corrected chi connectivity index (χ4v) is 7.14. The molecular weight excluding hydrogens is 612 g/mol. The highest BCUT2D eigenvalue weighted by Gasteiger charge is 2.29. The number of benzene rings is 3. The Morgan fingerprint density at radius 2 is 1.71 bits per heavy atom. The Bertz CT molecular complexity index is 1750. The van der Waals surface area contributed by atoms with Crippen LogP contribution in [-0.2, 0) is 21.2 Å². The van der Waals surface area contributed by atoms with E-state index in [0.29, 0.717) is 47.2 Å². The van der Waals surface area contributed by atoms with Gasteiger partial charge in [-0.1, -0.05) is 54.1 Å². The third-order valence-electron chi connectivity index (χ3n) is 8.43. The van der Waals surface area contributed by atoms with Gasteiger partial charge in [-0.25, -0.2) is 13.4 Å². The Morgan fingerprint density at radius 3 is 2.36 bits per heavy atom. The molecule has 236 valence electrons. The molecular formula is C33H37ClN6O4S. The van der Waals surface area contributed by atoms with Crippen LogP contribution in [0.2, 0.25) is 5.15 Å². The first-order valence-electron chi connectivity index (χ1n) is 14.9. The van der Waals surface area contributed by atoms with Gasteiger partial charge < -0.3 is 21.8 Å². The highest BCUT2D eigenvalue weighted by molar-refractivity contribution is 7.92. The van der Waals surface area contributed by atoms with Gasteiger partial charge >= 0.3 is 0 Å². The second kappa shape index (κ2) is 13.8. The number of amides is 2. The summed E-state index contributed by atoms with van der Waals surface area (Å²) in [5, 5.41) is 3.47. The molecule has 1 fully saturated rings. The minimum absolute atomic E-state index is 0.0738. The Hall–Kier alpha value is -4.19. The van der Waals surface area contributed by atoms with Gasteiger partial charge in [0.1, 0.15) is 16.7 Å². The van der Waals surface area contributed by atoms with E-state index in [1.807, 2.05) is 6.07 Å². The molecule has 4 aromatic rings. The van der Waals surface area contributed by atoms with Gasteiger partial charge in [-0.15, -0.1) is 0 Å². The number of hydrogen-bond acceptors (Lipinski definition) is 6. The van der Waals surface area contributed by atoms with E-state index in [0.717, 1.165) is 31.2 Å². The summed E-state index contributed by atoms with van der Waals surface area (Å²) >= 11 is 6.61. The largest absolute Gasteiger partial charge is 0.366 e. The van der Waals surface area contributed by atoms with Crippen molar-refractivity contribution in [1.82, 2.24) is 15.3 Å². The Balaban J connectivity index is 1.44. The molecule has 0 aliphatic heterocycles. The van der Waals surface area contributed by atoms with E-state index >= 15 is 0 Å². The van der Waals surface area contributed by atoms with E-state index in [4.69, 9.17) is 28.1 Å². The summed E-state index contributed by atoms with van der Waals surface area (Å²) in [6.45, 7) is 0.621. The zero-order chi connectivity index (χ0) is 32.1. The van der Waals surface area contributed by atoms with Crippen molar-refractivity contribution in [3.63, 3.8) is 0 Å². The van der Waals surface area contributed by atoms with Crippen LogP contribution >= 0.6 is 11.6 Å². The van der Waals surface area contributed by atoms with Crippen LogP contribution < -0.4 is 21.1 Å². The Labute approximate surface area is 268 Å². The van der Waals surface area contributed by atoms with Gasteiger partial charge in [0, 0.05) is 24.1 Å². The highest BCUT2D eigenvalue weighted by Crippen LogP contribution is 2.32. The molecule has 0 spiro atoms. The minimum atomic E-state index is -3.78. The number of hydrogen-bond donors (Lipinski definition) is 4. The third-order valence-corrected chi connectivity index (χ3v) is 10.5. The number of primary amides is 1. The molecule has 0 radical (unpaired) electrons. The maximum Gasteiger partial charge on any atom is 0.264 e. The van der Waals surface area contributed by atoms with E-state index in [2.05, 4.69) is 10.3 Å². The fourth-order valence-electron chi connectivity index (χ4n) is 5.69. The lowest BCUT2D eigenvalue weighted by Crippen LogP contribution is -2.37. The SMILES string of the molecule is CN(c1cccc(CC(NC(=O)C2CCC(CN)CC2)c2nc(-c3ccc(C(N)=O)cc3)c(Cl)[nH]2)c1)S(=O)(=O)c1ccccc1. The summed E-state index contributed by atoms with van der Waals surface area (Å²) in [4.78, 5) is 33.2. The molecule has 2 amide bonds. The molecule has 1 aliphatic rings. The lowest BCUT2D eigenvalue weighted by Gasteiger charge is -2.28. The number of H-pyrrole nitrogens is 1. The first-order valence-corrected chi connectivity index (χ1v) is 16.7. The predicted molar refractivity (Wildman–Crippen MR) is 175 cm³/mol. The lowest BCUT2D eigenvalue weighted by molar-refractivity contribution is -0.127. The summed E-state index contributed by atoms with van der Waals surface area (Å²) in [7, 11) is -2.27. The van der Waals surface area contributed by atoms with Gasteiger partial charge in [0.25, 0.3) is 10.0 Å². The van der Waals surface area contributed by atoms with Crippen LogP contribution in [0.1, 0.15) is 53.5 Å². The minimum Gasteiger partial charge on any atom is -0.366 e.